The molecule has 0 aliphatic rings. The summed E-state index contributed by atoms with van der Waals surface area (Å²) in [6.07, 6.45) is 1.53. The number of aromatic nitrogens is 2. The minimum absolute atomic E-state index is 0.0227. The van der Waals surface area contributed by atoms with Gasteiger partial charge in [0.1, 0.15) is 10.8 Å². The summed E-state index contributed by atoms with van der Waals surface area (Å²) in [5.74, 6) is -0.0227. The van der Waals surface area contributed by atoms with Gasteiger partial charge >= 0.3 is 0 Å². The van der Waals surface area contributed by atoms with E-state index in [4.69, 9.17) is 11.6 Å². The van der Waals surface area contributed by atoms with E-state index in [1.165, 1.54) is 13.1 Å². The van der Waals surface area contributed by atoms with Gasteiger partial charge < -0.3 is 0 Å². The third-order valence-corrected chi connectivity index (χ3v) is 2.11. The van der Waals surface area contributed by atoms with Crippen molar-refractivity contribution < 1.29 is 4.79 Å². The topological polar surface area (TPSA) is 34.4 Å². The monoisotopic (exact) mass is 194 g/mol. The second kappa shape index (κ2) is 2.85. The molecular formula is C9H7ClN2O. The van der Waals surface area contributed by atoms with Crippen molar-refractivity contribution in [2.45, 2.75) is 6.92 Å². The van der Waals surface area contributed by atoms with Crippen molar-refractivity contribution in [3.8, 4) is 0 Å². The van der Waals surface area contributed by atoms with Gasteiger partial charge in [0, 0.05) is 6.92 Å². The first kappa shape index (κ1) is 8.26. The fourth-order valence-electron chi connectivity index (χ4n) is 1.28. The summed E-state index contributed by atoms with van der Waals surface area (Å²) in [6.45, 7) is 1.51. The molecule has 2 rings (SSSR count). The number of rotatable bonds is 1. The number of Topliss-reactive ketones (excluding diaryl/α,β-unsaturated/α-hetero) is 1. The third-order valence-electron chi connectivity index (χ3n) is 1.85. The van der Waals surface area contributed by atoms with Crippen molar-refractivity contribution >= 4 is 23.0 Å². The van der Waals surface area contributed by atoms with Crippen molar-refractivity contribution in [2.24, 2.45) is 0 Å². The summed E-state index contributed by atoms with van der Waals surface area (Å²) in [7, 11) is 0. The molecule has 2 aromatic rings. The number of ketones is 1. The minimum Gasteiger partial charge on any atom is -0.293 e. The summed E-state index contributed by atoms with van der Waals surface area (Å²) in [5.41, 5.74) is 1.25. The Labute approximate surface area is 80.0 Å². The molecule has 0 amide bonds. The van der Waals surface area contributed by atoms with Crippen LogP contribution < -0.4 is 0 Å². The molecule has 66 valence electrons. The van der Waals surface area contributed by atoms with Gasteiger partial charge in [0.25, 0.3) is 0 Å². The van der Waals surface area contributed by atoms with Gasteiger partial charge in [0.05, 0.1) is 11.9 Å². The van der Waals surface area contributed by atoms with Gasteiger partial charge in [-0.05, 0) is 12.1 Å². The zero-order valence-corrected chi connectivity index (χ0v) is 7.75. The molecule has 0 spiro atoms. The molecule has 0 aliphatic carbocycles. The van der Waals surface area contributed by atoms with Crippen LogP contribution in [0.25, 0.3) is 5.65 Å². The van der Waals surface area contributed by atoms with E-state index in [9.17, 15) is 4.79 Å². The molecule has 0 radical (unpaired) electrons. The van der Waals surface area contributed by atoms with Crippen LogP contribution in [0.15, 0.2) is 24.4 Å². The molecule has 3 nitrogen and oxygen atoms in total. The van der Waals surface area contributed by atoms with Crippen LogP contribution >= 0.6 is 11.6 Å². The summed E-state index contributed by atoms with van der Waals surface area (Å²) < 4.78 is 1.63. The Hall–Kier alpha value is -1.35. The van der Waals surface area contributed by atoms with Crippen LogP contribution in [0.2, 0.25) is 5.15 Å². The second-order valence-electron chi connectivity index (χ2n) is 2.74. The first-order valence-electron chi connectivity index (χ1n) is 3.83. The second-order valence-corrected chi connectivity index (χ2v) is 3.13. The van der Waals surface area contributed by atoms with Crippen LogP contribution in [0.1, 0.15) is 17.4 Å². The van der Waals surface area contributed by atoms with E-state index in [0.717, 1.165) is 0 Å². The highest BCUT2D eigenvalue weighted by Gasteiger charge is 2.07. The first-order valence-corrected chi connectivity index (χ1v) is 4.21. The highest BCUT2D eigenvalue weighted by atomic mass is 35.5. The van der Waals surface area contributed by atoms with Gasteiger partial charge in [-0.2, -0.15) is 0 Å². The SMILES string of the molecule is CC(=O)c1cccc2ncc(Cl)n12. The van der Waals surface area contributed by atoms with E-state index >= 15 is 0 Å². The quantitative estimate of drug-likeness (QED) is 0.653. The molecule has 2 heterocycles. The van der Waals surface area contributed by atoms with Crippen LogP contribution in [-0.4, -0.2) is 15.2 Å². The standard InChI is InChI=1S/C9H7ClN2O/c1-6(13)7-3-2-4-9-11-5-8(10)12(7)9/h2-5H,1H3. The lowest BCUT2D eigenvalue weighted by molar-refractivity contribution is 0.101. The third kappa shape index (κ3) is 1.21. The first-order chi connectivity index (χ1) is 6.20. The maximum Gasteiger partial charge on any atom is 0.176 e. The van der Waals surface area contributed by atoms with Crippen molar-refractivity contribution in [1.82, 2.24) is 9.38 Å². The Kier molecular flexibility index (Phi) is 1.81. The summed E-state index contributed by atoms with van der Waals surface area (Å²) >= 11 is 5.87. The van der Waals surface area contributed by atoms with Gasteiger partial charge in [0.15, 0.2) is 5.78 Å². The van der Waals surface area contributed by atoms with Gasteiger partial charge in [-0.1, -0.05) is 17.7 Å². The maximum absolute atomic E-state index is 11.2. The number of pyridine rings is 1. The Balaban J connectivity index is 2.88. The number of nitrogens with zero attached hydrogens (tertiary/aromatic N) is 2. The number of halogens is 1. The van der Waals surface area contributed by atoms with Crippen LogP contribution in [0, 0.1) is 0 Å². The average Bonchev–Trinajstić information content (AvgIpc) is 2.48. The van der Waals surface area contributed by atoms with E-state index in [0.29, 0.717) is 16.5 Å². The molecule has 0 atom stereocenters. The van der Waals surface area contributed by atoms with Gasteiger partial charge in [-0.3, -0.25) is 9.20 Å². The zero-order valence-electron chi connectivity index (χ0n) is 6.99. The summed E-state index contributed by atoms with van der Waals surface area (Å²) in [4.78, 5) is 15.2. The van der Waals surface area contributed by atoms with Crippen LogP contribution in [0.4, 0.5) is 0 Å². The number of carbonyl (C=O) groups is 1. The van der Waals surface area contributed by atoms with Gasteiger partial charge in [-0.15, -0.1) is 0 Å². The Bertz CT molecular complexity index is 475. The van der Waals surface area contributed by atoms with Crippen molar-refractivity contribution in [2.75, 3.05) is 0 Å². The Morgan fingerprint density at radius 3 is 3.00 bits per heavy atom. The lowest BCUT2D eigenvalue weighted by Crippen LogP contribution is -2.01. The molecule has 0 fully saturated rings. The van der Waals surface area contributed by atoms with Gasteiger partial charge in [0.2, 0.25) is 0 Å². The number of imidazole rings is 1. The molecule has 13 heavy (non-hydrogen) atoms. The van der Waals surface area contributed by atoms with Gasteiger partial charge in [-0.25, -0.2) is 4.98 Å². The molecule has 0 saturated heterocycles. The fourth-order valence-corrected chi connectivity index (χ4v) is 1.50. The van der Waals surface area contributed by atoms with Crippen LogP contribution in [-0.2, 0) is 0 Å². The van der Waals surface area contributed by atoms with Crippen molar-refractivity contribution in [3.05, 3.63) is 35.2 Å². The fraction of sp³-hybridized carbons (Fsp3) is 0.111. The normalized spacial score (nSPS) is 10.6. The molecule has 0 N–H and O–H groups in total. The predicted molar refractivity (Wildman–Crippen MR) is 50.2 cm³/mol. The number of fused-ring (bicyclic) bond motifs is 1. The number of hydrogen-bond acceptors (Lipinski definition) is 2. The van der Waals surface area contributed by atoms with Crippen molar-refractivity contribution in [1.29, 1.82) is 0 Å². The molecule has 0 aliphatic heterocycles. The lowest BCUT2D eigenvalue weighted by Gasteiger charge is -2.01. The molecule has 4 heteroatoms. The summed E-state index contributed by atoms with van der Waals surface area (Å²) in [5, 5.41) is 0.459. The molecule has 0 saturated carbocycles. The van der Waals surface area contributed by atoms with Crippen LogP contribution in [0.3, 0.4) is 0 Å². The minimum atomic E-state index is -0.0227. The molecule has 0 bridgehead atoms. The summed E-state index contributed by atoms with van der Waals surface area (Å²) in [6, 6.07) is 5.32. The average molecular weight is 195 g/mol. The van der Waals surface area contributed by atoms with E-state index in [-0.39, 0.29) is 5.78 Å². The predicted octanol–water partition coefficient (Wildman–Crippen LogP) is 2.19. The maximum atomic E-state index is 11.2. The Morgan fingerprint density at radius 2 is 2.31 bits per heavy atom. The highest BCUT2D eigenvalue weighted by molar-refractivity contribution is 6.30. The smallest absolute Gasteiger partial charge is 0.176 e. The lowest BCUT2D eigenvalue weighted by atomic mass is 10.3. The molecule has 0 aromatic carbocycles. The Morgan fingerprint density at radius 1 is 1.54 bits per heavy atom. The molecule has 0 unspecified atom stereocenters. The highest BCUT2D eigenvalue weighted by Crippen LogP contribution is 2.15. The van der Waals surface area contributed by atoms with E-state index in [1.807, 2.05) is 0 Å². The largest absolute Gasteiger partial charge is 0.293 e. The number of carbonyl (C=O) groups excluding carboxylic acids is 1. The zero-order chi connectivity index (χ0) is 9.42. The van der Waals surface area contributed by atoms with Crippen molar-refractivity contribution in [3.63, 3.8) is 0 Å². The van der Waals surface area contributed by atoms with E-state index < -0.39 is 0 Å². The molecule has 2 aromatic heterocycles. The molecular weight excluding hydrogens is 188 g/mol. The van der Waals surface area contributed by atoms with E-state index in [2.05, 4.69) is 4.98 Å². The van der Waals surface area contributed by atoms with Crippen LogP contribution in [0.5, 0.6) is 0 Å². The number of hydrogen-bond donors (Lipinski definition) is 0. The van der Waals surface area contributed by atoms with E-state index in [1.54, 1.807) is 22.6 Å².